The van der Waals surface area contributed by atoms with Crippen LogP contribution >= 0.6 is 0 Å². The highest BCUT2D eigenvalue weighted by Crippen LogP contribution is 2.23. The Bertz CT molecular complexity index is 677. The first-order valence-corrected chi connectivity index (χ1v) is 7.43. The monoisotopic (exact) mass is 281 g/mol. The van der Waals surface area contributed by atoms with Crippen molar-refractivity contribution in [2.45, 2.75) is 11.8 Å². The van der Waals surface area contributed by atoms with Crippen molar-refractivity contribution in [3.05, 3.63) is 24.3 Å². The summed E-state index contributed by atoms with van der Waals surface area (Å²) in [7, 11) is 0.358. The van der Waals surface area contributed by atoms with Crippen molar-refractivity contribution in [1.29, 1.82) is 0 Å². The molecule has 0 bridgehead atoms. The fraction of sp³-hybridized carbons (Fsp3) is 0.333. The number of hydrogen-bond donors (Lipinski definition) is 0. The minimum absolute atomic E-state index is 0.0588. The molecule has 2 aromatic rings. The Morgan fingerprint density at radius 1 is 1.32 bits per heavy atom. The maximum absolute atomic E-state index is 11.8. The van der Waals surface area contributed by atoms with Crippen molar-refractivity contribution in [3.8, 4) is 11.5 Å². The highest BCUT2D eigenvalue weighted by Gasteiger charge is 2.15. The fourth-order valence-corrected chi connectivity index (χ4v) is 2.43. The van der Waals surface area contributed by atoms with Crippen molar-refractivity contribution in [3.63, 3.8) is 0 Å². The molecule has 0 spiro atoms. The summed E-state index contributed by atoms with van der Waals surface area (Å²) in [4.78, 5) is 6.15. The second-order valence-corrected chi connectivity index (χ2v) is 6.50. The van der Waals surface area contributed by atoms with Crippen LogP contribution in [0.15, 0.2) is 33.7 Å². The lowest BCUT2D eigenvalue weighted by Gasteiger charge is -2.03. The minimum atomic E-state index is -3.24. The molecule has 1 aromatic carbocycles. The molecule has 0 saturated heterocycles. The molecule has 1 aromatic heterocycles. The summed E-state index contributed by atoms with van der Waals surface area (Å²) in [5.41, 5.74) is 0.593. The summed E-state index contributed by atoms with van der Waals surface area (Å²) in [6, 6.07) is 6.51. The van der Waals surface area contributed by atoms with Gasteiger partial charge in [0.15, 0.2) is 9.84 Å². The zero-order valence-corrected chi connectivity index (χ0v) is 11.8. The predicted molar refractivity (Wildman–Crippen MR) is 71.8 cm³/mol. The molecule has 0 amide bonds. The van der Waals surface area contributed by atoms with E-state index in [9.17, 15) is 8.42 Å². The Morgan fingerprint density at radius 2 is 2.05 bits per heavy atom. The number of rotatable bonds is 4. The zero-order chi connectivity index (χ0) is 14.0. The van der Waals surface area contributed by atoms with Crippen molar-refractivity contribution in [1.82, 2.24) is 10.1 Å². The van der Waals surface area contributed by atoms with E-state index >= 15 is 0 Å². The molecule has 0 aliphatic heterocycles. The zero-order valence-electron chi connectivity index (χ0n) is 11.0. The number of sulfone groups is 1. The van der Waals surface area contributed by atoms with E-state index in [2.05, 4.69) is 10.1 Å². The van der Waals surface area contributed by atoms with Crippen molar-refractivity contribution < 1.29 is 12.9 Å². The molecule has 2 rings (SSSR count). The van der Waals surface area contributed by atoms with Crippen LogP contribution in [-0.2, 0) is 9.84 Å². The second-order valence-electron chi connectivity index (χ2n) is 4.23. The summed E-state index contributed by atoms with van der Waals surface area (Å²) in [5, 5.41) is 3.79. The average molecular weight is 281 g/mol. The van der Waals surface area contributed by atoms with Gasteiger partial charge in [-0.3, -0.25) is 0 Å². The first kappa shape index (κ1) is 13.5. The highest BCUT2D eigenvalue weighted by atomic mass is 32.2. The van der Waals surface area contributed by atoms with Crippen LogP contribution < -0.4 is 4.90 Å². The molecular weight excluding hydrogens is 266 g/mol. The van der Waals surface area contributed by atoms with E-state index in [1.165, 1.54) is 0 Å². The molecule has 102 valence electrons. The van der Waals surface area contributed by atoms with Crippen LogP contribution in [0.1, 0.15) is 6.92 Å². The van der Waals surface area contributed by atoms with E-state index in [0.717, 1.165) is 0 Å². The van der Waals surface area contributed by atoms with Gasteiger partial charge >= 0.3 is 0 Å². The Balaban J connectivity index is 2.43. The summed E-state index contributed by atoms with van der Waals surface area (Å²) in [6.07, 6.45) is 0. The van der Waals surface area contributed by atoms with Crippen LogP contribution in [0, 0.1) is 0 Å². The largest absolute Gasteiger partial charge is 0.344 e. The Hall–Kier alpha value is -1.89. The standard InChI is InChI=1S/C12H15N3O3S/c1-4-19(16,17)10-7-5-6-9(8-10)11-13-12(14-18-11)15(2)3/h5-8H,4H2,1-3H3. The number of anilines is 1. The Labute approximate surface area is 112 Å². The van der Waals surface area contributed by atoms with E-state index in [4.69, 9.17) is 4.52 Å². The SMILES string of the molecule is CCS(=O)(=O)c1cccc(-c2nc(N(C)C)no2)c1. The molecule has 0 aliphatic rings. The third-order valence-electron chi connectivity index (χ3n) is 2.64. The van der Waals surface area contributed by atoms with Gasteiger partial charge in [0.2, 0.25) is 0 Å². The lowest BCUT2D eigenvalue weighted by Crippen LogP contribution is -2.10. The smallest absolute Gasteiger partial charge is 0.265 e. The van der Waals surface area contributed by atoms with Gasteiger partial charge in [-0.25, -0.2) is 8.42 Å². The van der Waals surface area contributed by atoms with Gasteiger partial charge < -0.3 is 9.42 Å². The Morgan fingerprint density at radius 3 is 2.63 bits per heavy atom. The fourth-order valence-electron chi connectivity index (χ4n) is 1.50. The van der Waals surface area contributed by atoms with Crippen LogP contribution in [0.5, 0.6) is 0 Å². The van der Waals surface area contributed by atoms with Crippen LogP contribution in [0.3, 0.4) is 0 Å². The van der Waals surface area contributed by atoms with Crippen LogP contribution in [0.4, 0.5) is 5.95 Å². The molecule has 0 N–H and O–H groups in total. The van der Waals surface area contributed by atoms with Gasteiger partial charge in [-0.1, -0.05) is 13.0 Å². The lowest BCUT2D eigenvalue weighted by atomic mass is 10.2. The minimum Gasteiger partial charge on any atom is -0.344 e. The molecular formula is C12H15N3O3S. The molecule has 0 radical (unpaired) electrons. The van der Waals surface area contributed by atoms with Gasteiger partial charge in [-0.2, -0.15) is 4.98 Å². The second kappa shape index (κ2) is 5.00. The molecule has 6 nitrogen and oxygen atoms in total. The van der Waals surface area contributed by atoms with E-state index < -0.39 is 9.84 Å². The summed E-state index contributed by atoms with van der Waals surface area (Å²) in [5.74, 6) is 0.805. The van der Waals surface area contributed by atoms with E-state index in [1.807, 2.05) is 0 Å². The maximum atomic E-state index is 11.8. The summed E-state index contributed by atoms with van der Waals surface area (Å²) >= 11 is 0. The topological polar surface area (TPSA) is 76.3 Å². The van der Waals surface area contributed by atoms with E-state index in [1.54, 1.807) is 50.2 Å². The van der Waals surface area contributed by atoms with Crippen LogP contribution in [0.2, 0.25) is 0 Å². The van der Waals surface area contributed by atoms with Crippen molar-refractivity contribution in [2.75, 3.05) is 24.7 Å². The van der Waals surface area contributed by atoms with Crippen molar-refractivity contribution >= 4 is 15.8 Å². The normalized spacial score (nSPS) is 11.5. The molecule has 1 heterocycles. The van der Waals surface area contributed by atoms with Gasteiger partial charge in [0.25, 0.3) is 11.8 Å². The first-order chi connectivity index (χ1) is 8.94. The summed E-state index contributed by atoms with van der Waals surface area (Å²) in [6.45, 7) is 1.61. The third-order valence-corrected chi connectivity index (χ3v) is 4.37. The van der Waals surface area contributed by atoms with Crippen LogP contribution in [-0.4, -0.2) is 38.4 Å². The van der Waals surface area contributed by atoms with Gasteiger partial charge in [0.1, 0.15) is 0 Å². The number of nitrogens with zero attached hydrogens (tertiary/aromatic N) is 3. The highest BCUT2D eigenvalue weighted by molar-refractivity contribution is 7.91. The third kappa shape index (κ3) is 2.76. The number of benzene rings is 1. The molecule has 19 heavy (non-hydrogen) atoms. The molecule has 0 aliphatic carbocycles. The van der Waals surface area contributed by atoms with Gasteiger partial charge in [-0.05, 0) is 23.4 Å². The number of hydrogen-bond acceptors (Lipinski definition) is 6. The van der Waals surface area contributed by atoms with Crippen molar-refractivity contribution in [2.24, 2.45) is 0 Å². The van der Waals surface area contributed by atoms with Crippen LogP contribution in [0.25, 0.3) is 11.5 Å². The van der Waals surface area contributed by atoms with E-state index in [-0.39, 0.29) is 10.6 Å². The van der Waals surface area contributed by atoms with Gasteiger partial charge in [0, 0.05) is 19.7 Å². The predicted octanol–water partition coefficient (Wildman–Crippen LogP) is 1.60. The Kier molecular flexibility index (Phi) is 3.57. The number of aromatic nitrogens is 2. The lowest BCUT2D eigenvalue weighted by molar-refractivity contribution is 0.430. The quantitative estimate of drug-likeness (QED) is 0.847. The molecule has 0 unspecified atom stereocenters. The molecule has 0 saturated carbocycles. The molecule has 0 fully saturated rings. The maximum Gasteiger partial charge on any atom is 0.265 e. The molecule has 0 atom stereocenters. The van der Waals surface area contributed by atoms with E-state index in [0.29, 0.717) is 17.4 Å². The summed E-state index contributed by atoms with van der Waals surface area (Å²) < 4.78 is 28.8. The van der Waals surface area contributed by atoms with Gasteiger partial charge in [0.05, 0.1) is 10.6 Å². The molecule has 7 heteroatoms. The van der Waals surface area contributed by atoms with Gasteiger partial charge in [-0.15, -0.1) is 0 Å². The average Bonchev–Trinajstić information content (AvgIpc) is 2.89. The first-order valence-electron chi connectivity index (χ1n) is 5.78.